The minimum absolute atomic E-state index is 0.292. The van der Waals surface area contributed by atoms with E-state index >= 15 is 0 Å². The first-order chi connectivity index (χ1) is 13.5. The normalized spacial score (nSPS) is 35.9. The van der Waals surface area contributed by atoms with Crippen LogP contribution in [-0.4, -0.2) is 11.7 Å². The molecule has 0 aromatic heterocycles. The molecule has 2 saturated heterocycles. The molecule has 1 aliphatic carbocycles. The first-order valence-electron chi connectivity index (χ1n) is 9.76. The fraction of sp³-hybridized carbons (Fsp3) is 0.545. The van der Waals surface area contributed by atoms with Crippen LogP contribution in [0.1, 0.15) is 55.8 Å². The fourth-order valence-corrected chi connectivity index (χ4v) is 5.26. The molecule has 6 nitrogen and oxygen atoms in total. The highest BCUT2D eigenvalue weighted by atomic mass is 16.7. The lowest BCUT2D eigenvalue weighted by Gasteiger charge is -2.50. The zero-order valence-electron chi connectivity index (χ0n) is 15.9. The molecule has 142 valence electrons. The summed E-state index contributed by atoms with van der Waals surface area (Å²) in [5, 5.41) is 39.3. The molecule has 2 bridgehead atoms. The van der Waals surface area contributed by atoms with Crippen molar-refractivity contribution in [3.05, 3.63) is 35.4 Å². The van der Waals surface area contributed by atoms with E-state index in [1.54, 1.807) is 0 Å². The number of ether oxygens (including phenoxy) is 2. The number of hydrogen-bond acceptors (Lipinski definition) is 6. The first kappa shape index (κ1) is 18.5. The Labute approximate surface area is 164 Å². The molecule has 3 fully saturated rings. The zero-order valence-corrected chi connectivity index (χ0v) is 15.9. The van der Waals surface area contributed by atoms with Gasteiger partial charge in [-0.05, 0) is 25.3 Å². The second-order valence-corrected chi connectivity index (χ2v) is 8.11. The van der Waals surface area contributed by atoms with Gasteiger partial charge in [0, 0.05) is 6.42 Å². The lowest BCUT2D eigenvalue weighted by Crippen LogP contribution is -2.59. The average Bonchev–Trinajstić information content (AvgIpc) is 2.86. The van der Waals surface area contributed by atoms with Gasteiger partial charge in [0.15, 0.2) is 5.41 Å². The number of rotatable bonds is 1. The van der Waals surface area contributed by atoms with Gasteiger partial charge in [0.1, 0.15) is 6.10 Å². The van der Waals surface area contributed by atoms with Crippen molar-refractivity contribution in [3.8, 4) is 18.2 Å². The Morgan fingerprint density at radius 2 is 1.68 bits per heavy atom. The molecule has 1 aromatic rings. The van der Waals surface area contributed by atoms with E-state index in [9.17, 15) is 15.8 Å². The smallest absolute Gasteiger partial charge is 0.217 e. The summed E-state index contributed by atoms with van der Waals surface area (Å²) in [6, 6.07) is 13.9. The highest BCUT2D eigenvalue weighted by Crippen LogP contribution is 2.68. The molecule has 4 unspecified atom stereocenters. The van der Waals surface area contributed by atoms with Gasteiger partial charge in [-0.2, -0.15) is 15.8 Å². The van der Waals surface area contributed by atoms with Crippen LogP contribution in [0.5, 0.6) is 0 Å². The first-order valence-corrected chi connectivity index (χ1v) is 9.76. The standard InChI is InChI=1S/C22H22N4O2/c1-15-7-9-16(10-8-15)18-20(12-23,13-24)21(14-25)17-6-4-2-3-5-11-22(17,27-18)28-19(21)26/h7-10,17-18,26H,2-6,11H2,1H3. The van der Waals surface area contributed by atoms with E-state index in [-0.39, 0.29) is 5.90 Å². The summed E-state index contributed by atoms with van der Waals surface area (Å²) < 4.78 is 12.4. The number of benzene rings is 1. The van der Waals surface area contributed by atoms with Crippen LogP contribution in [0.15, 0.2) is 24.3 Å². The Balaban J connectivity index is 1.97. The van der Waals surface area contributed by atoms with E-state index < -0.39 is 28.6 Å². The molecule has 1 aromatic carbocycles. The van der Waals surface area contributed by atoms with Crippen molar-refractivity contribution < 1.29 is 9.47 Å². The number of aryl methyl sites for hydroxylation is 1. The van der Waals surface area contributed by atoms with Gasteiger partial charge in [-0.1, -0.05) is 49.1 Å². The van der Waals surface area contributed by atoms with Gasteiger partial charge in [0.2, 0.25) is 17.1 Å². The lowest BCUT2D eigenvalue weighted by molar-refractivity contribution is -0.289. The second kappa shape index (κ2) is 6.33. The zero-order chi connectivity index (χ0) is 20.0. The minimum Gasteiger partial charge on any atom is -0.447 e. The van der Waals surface area contributed by atoms with E-state index in [1.807, 2.05) is 31.2 Å². The molecule has 2 heterocycles. The van der Waals surface area contributed by atoms with E-state index in [2.05, 4.69) is 18.2 Å². The largest absolute Gasteiger partial charge is 0.447 e. The molecule has 28 heavy (non-hydrogen) atoms. The topological polar surface area (TPSA) is 114 Å². The Kier molecular flexibility index (Phi) is 4.18. The van der Waals surface area contributed by atoms with Crippen molar-refractivity contribution in [2.24, 2.45) is 16.7 Å². The van der Waals surface area contributed by atoms with Crippen LogP contribution in [0.4, 0.5) is 0 Å². The highest BCUT2D eigenvalue weighted by molar-refractivity contribution is 5.89. The van der Waals surface area contributed by atoms with E-state index in [4.69, 9.17) is 14.9 Å². The fourth-order valence-electron chi connectivity index (χ4n) is 5.26. The van der Waals surface area contributed by atoms with Gasteiger partial charge in [-0.25, -0.2) is 0 Å². The van der Waals surface area contributed by atoms with Crippen LogP contribution in [0.2, 0.25) is 0 Å². The van der Waals surface area contributed by atoms with Gasteiger partial charge in [0.05, 0.1) is 24.1 Å². The summed E-state index contributed by atoms with van der Waals surface area (Å²) in [7, 11) is 0. The third-order valence-corrected chi connectivity index (χ3v) is 6.70. The summed E-state index contributed by atoms with van der Waals surface area (Å²) in [5.74, 6) is -1.92. The quantitative estimate of drug-likeness (QED) is 0.788. The molecule has 6 heteroatoms. The molecular weight excluding hydrogens is 352 g/mol. The Bertz CT molecular complexity index is 921. The maximum absolute atomic E-state index is 10.3. The second-order valence-electron chi connectivity index (χ2n) is 8.11. The van der Waals surface area contributed by atoms with Crippen molar-refractivity contribution in [2.75, 3.05) is 0 Å². The van der Waals surface area contributed by atoms with Gasteiger partial charge < -0.3 is 9.47 Å². The Morgan fingerprint density at radius 3 is 2.32 bits per heavy atom. The van der Waals surface area contributed by atoms with Crippen LogP contribution >= 0.6 is 0 Å². The van der Waals surface area contributed by atoms with Crippen molar-refractivity contribution in [1.29, 1.82) is 21.2 Å². The summed E-state index contributed by atoms with van der Waals surface area (Å²) in [6.45, 7) is 1.95. The van der Waals surface area contributed by atoms with Crippen LogP contribution in [-0.2, 0) is 9.47 Å². The highest BCUT2D eigenvalue weighted by Gasteiger charge is 2.79. The van der Waals surface area contributed by atoms with E-state index in [1.165, 1.54) is 0 Å². The van der Waals surface area contributed by atoms with Gasteiger partial charge >= 0.3 is 0 Å². The van der Waals surface area contributed by atoms with Crippen molar-refractivity contribution >= 4 is 5.90 Å². The molecule has 1 saturated carbocycles. The third-order valence-electron chi connectivity index (χ3n) is 6.70. The number of nitrogens with zero attached hydrogens (tertiary/aromatic N) is 3. The Hall–Kier alpha value is -2.88. The predicted molar refractivity (Wildman–Crippen MR) is 99.4 cm³/mol. The number of nitriles is 3. The van der Waals surface area contributed by atoms with E-state index in [0.717, 1.165) is 31.2 Å². The molecule has 0 amide bonds. The van der Waals surface area contributed by atoms with Crippen LogP contribution < -0.4 is 0 Å². The van der Waals surface area contributed by atoms with Crippen molar-refractivity contribution in [2.45, 2.75) is 57.3 Å². The SMILES string of the molecule is Cc1ccc(C2OC34CCCCCCC3C(C#N)(C(=N)O4)C2(C#N)C#N)cc1. The molecule has 0 radical (unpaired) electrons. The average molecular weight is 374 g/mol. The Morgan fingerprint density at radius 1 is 1.00 bits per heavy atom. The number of hydrogen-bond donors (Lipinski definition) is 1. The van der Waals surface area contributed by atoms with Crippen LogP contribution in [0.3, 0.4) is 0 Å². The van der Waals surface area contributed by atoms with Gasteiger partial charge in [0.25, 0.3) is 0 Å². The summed E-state index contributed by atoms with van der Waals surface area (Å²) in [6.07, 6.45) is 3.97. The van der Waals surface area contributed by atoms with E-state index in [0.29, 0.717) is 18.4 Å². The van der Waals surface area contributed by atoms with Gasteiger partial charge in [-0.3, -0.25) is 5.41 Å². The number of nitrogens with one attached hydrogen (secondary N) is 1. The third kappa shape index (κ3) is 2.12. The van der Waals surface area contributed by atoms with Crippen LogP contribution in [0.25, 0.3) is 0 Å². The summed E-state index contributed by atoms with van der Waals surface area (Å²) in [5.41, 5.74) is -1.78. The summed E-state index contributed by atoms with van der Waals surface area (Å²) in [4.78, 5) is 0. The lowest BCUT2D eigenvalue weighted by atomic mass is 9.52. The predicted octanol–water partition coefficient (Wildman–Crippen LogP) is 4.28. The molecule has 2 aliphatic heterocycles. The maximum atomic E-state index is 10.3. The molecule has 3 aliphatic rings. The van der Waals surface area contributed by atoms with Crippen molar-refractivity contribution in [1.82, 2.24) is 0 Å². The molecule has 4 atom stereocenters. The summed E-state index contributed by atoms with van der Waals surface area (Å²) >= 11 is 0. The minimum atomic E-state index is -1.85. The molecule has 1 N–H and O–H groups in total. The van der Waals surface area contributed by atoms with Crippen molar-refractivity contribution in [3.63, 3.8) is 0 Å². The van der Waals surface area contributed by atoms with Crippen LogP contribution in [0, 0.1) is 63.1 Å². The molecular formula is C22H22N4O2. The monoisotopic (exact) mass is 374 g/mol. The van der Waals surface area contributed by atoms with Gasteiger partial charge in [-0.15, -0.1) is 0 Å². The maximum Gasteiger partial charge on any atom is 0.217 e. The molecule has 0 spiro atoms. The molecule has 4 rings (SSSR count).